The molecule has 0 spiro atoms. The molecule has 1 aliphatic rings. The Hall–Kier alpha value is -1.70. The number of hydrogen-bond donors (Lipinski definition) is 0. The zero-order chi connectivity index (χ0) is 16.6. The molecule has 124 valence electrons. The maximum absolute atomic E-state index is 13.2. The number of nitrogens with zero attached hydrogens (tertiary/aromatic N) is 3. The number of hydrogen-bond acceptors (Lipinski definition) is 4. The van der Waals surface area contributed by atoms with Gasteiger partial charge in [0.15, 0.2) is 0 Å². The number of benzene rings is 1. The van der Waals surface area contributed by atoms with E-state index in [-0.39, 0.29) is 6.04 Å². The summed E-state index contributed by atoms with van der Waals surface area (Å²) in [6.07, 6.45) is 2.48. The van der Waals surface area contributed by atoms with Crippen LogP contribution in [0.1, 0.15) is 22.9 Å². The Balaban J connectivity index is 2.08. The molecule has 0 saturated carbocycles. The molecule has 0 fully saturated rings. The molecule has 0 radical (unpaired) electrons. The largest absolute Gasteiger partial charge is 0.383 e. The standard InChI is InChI=1S/C16H21N3O3S/c1-12-6-4-5-7-15(12)23(20,21)19-9-8-13-10-17-18(2)16(13)14(19)11-22-3/h4-7,10,14H,8-9,11H2,1-3H3/t14-/m0/s1. The summed E-state index contributed by atoms with van der Waals surface area (Å²) >= 11 is 0. The number of rotatable bonds is 4. The molecule has 2 aromatic rings. The number of aromatic nitrogens is 2. The molecule has 7 heteroatoms. The highest BCUT2D eigenvalue weighted by molar-refractivity contribution is 7.89. The lowest BCUT2D eigenvalue weighted by atomic mass is 10.0. The van der Waals surface area contributed by atoms with E-state index in [0.29, 0.717) is 24.5 Å². The molecule has 1 aromatic heterocycles. The topological polar surface area (TPSA) is 64.4 Å². The van der Waals surface area contributed by atoms with Crippen LogP contribution in [-0.2, 0) is 28.2 Å². The molecular formula is C16H21N3O3S. The van der Waals surface area contributed by atoms with Crippen LogP contribution in [0.3, 0.4) is 0 Å². The highest BCUT2D eigenvalue weighted by Crippen LogP contribution is 2.34. The van der Waals surface area contributed by atoms with Crippen molar-refractivity contribution in [3.8, 4) is 0 Å². The third-order valence-electron chi connectivity index (χ3n) is 4.33. The Kier molecular flexibility index (Phi) is 4.27. The van der Waals surface area contributed by atoms with Crippen molar-refractivity contribution in [1.82, 2.24) is 14.1 Å². The van der Waals surface area contributed by atoms with E-state index >= 15 is 0 Å². The third-order valence-corrected chi connectivity index (χ3v) is 6.40. The fourth-order valence-corrected chi connectivity index (χ4v) is 5.02. The van der Waals surface area contributed by atoms with Crippen molar-refractivity contribution in [2.24, 2.45) is 7.05 Å². The summed E-state index contributed by atoms with van der Waals surface area (Å²) in [4.78, 5) is 0.353. The van der Waals surface area contributed by atoms with Crippen LogP contribution in [-0.4, -0.2) is 42.8 Å². The molecular weight excluding hydrogens is 314 g/mol. The third kappa shape index (κ3) is 2.69. The van der Waals surface area contributed by atoms with Gasteiger partial charge in [-0.1, -0.05) is 18.2 Å². The van der Waals surface area contributed by atoms with Crippen molar-refractivity contribution in [1.29, 1.82) is 0 Å². The van der Waals surface area contributed by atoms with Crippen LogP contribution in [0.15, 0.2) is 35.4 Å². The summed E-state index contributed by atoms with van der Waals surface area (Å²) in [5.41, 5.74) is 2.75. The van der Waals surface area contributed by atoms with Crippen LogP contribution in [0.25, 0.3) is 0 Å². The molecule has 6 nitrogen and oxygen atoms in total. The van der Waals surface area contributed by atoms with E-state index in [1.54, 1.807) is 28.2 Å². The highest BCUT2D eigenvalue weighted by atomic mass is 32.2. The summed E-state index contributed by atoms with van der Waals surface area (Å²) in [5.74, 6) is 0. The van der Waals surface area contributed by atoms with Gasteiger partial charge in [-0.15, -0.1) is 0 Å². The van der Waals surface area contributed by atoms with Crippen molar-refractivity contribution in [3.63, 3.8) is 0 Å². The molecule has 2 heterocycles. The van der Waals surface area contributed by atoms with Gasteiger partial charge in [-0.25, -0.2) is 8.42 Å². The second kappa shape index (κ2) is 6.07. The Bertz CT molecular complexity index is 814. The quantitative estimate of drug-likeness (QED) is 0.852. The fraction of sp³-hybridized carbons (Fsp3) is 0.438. The van der Waals surface area contributed by atoms with Gasteiger partial charge in [0.1, 0.15) is 0 Å². The smallest absolute Gasteiger partial charge is 0.244 e. The minimum Gasteiger partial charge on any atom is -0.383 e. The summed E-state index contributed by atoms with van der Waals surface area (Å²) in [6, 6.07) is 6.72. The molecule has 0 unspecified atom stereocenters. The number of fused-ring (bicyclic) bond motifs is 1. The molecule has 0 amide bonds. The van der Waals surface area contributed by atoms with E-state index in [4.69, 9.17) is 4.74 Å². The molecule has 1 aliphatic heterocycles. The molecule has 3 rings (SSSR count). The average molecular weight is 335 g/mol. The van der Waals surface area contributed by atoms with Gasteiger partial charge in [0.2, 0.25) is 10.0 Å². The first-order chi connectivity index (χ1) is 11.0. The van der Waals surface area contributed by atoms with E-state index in [9.17, 15) is 8.42 Å². The second-order valence-corrected chi connectivity index (χ2v) is 7.64. The minimum atomic E-state index is -3.59. The highest BCUT2D eigenvalue weighted by Gasteiger charge is 2.38. The van der Waals surface area contributed by atoms with Gasteiger partial charge in [-0.3, -0.25) is 4.68 Å². The van der Waals surface area contributed by atoms with E-state index in [1.165, 1.54) is 0 Å². The van der Waals surface area contributed by atoms with Crippen LogP contribution in [0, 0.1) is 6.92 Å². The molecule has 1 atom stereocenters. The summed E-state index contributed by atoms with van der Waals surface area (Å²) in [5, 5.41) is 4.28. The van der Waals surface area contributed by atoms with Crippen molar-refractivity contribution in [2.75, 3.05) is 20.3 Å². The van der Waals surface area contributed by atoms with Crippen LogP contribution < -0.4 is 0 Å². The molecule has 0 N–H and O–H groups in total. The van der Waals surface area contributed by atoms with Gasteiger partial charge in [0.05, 0.1) is 29.4 Å². The van der Waals surface area contributed by atoms with Crippen LogP contribution in [0.4, 0.5) is 0 Å². The molecule has 1 aromatic carbocycles. The predicted octanol–water partition coefficient (Wildman–Crippen LogP) is 1.66. The lowest BCUT2D eigenvalue weighted by molar-refractivity contribution is 0.124. The predicted molar refractivity (Wildman–Crippen MR) is 86.6 cm³/mol. The maximum atomic E-state index is 13.2. The Labute approximate surface area is 136 Å². The summed E-state index contributed by atoms with van der Waals surface area (Å²) in [6.45, 7) is 2.55. The first-order valence-corrected chi connectivity index (χ1v) is 8.98. The van der Waals surface area contributed by atoms with E-state index < -0.39 is 10.0 Å². The van der Waals surface area contributed by atoms with Crippen LogP contribution >= 0.6 is 0 Å². The zero-order valence-corrected chi connectivity index (χ0v) is 14.4. The first-order valence-electron chi connectivity index (χ1n) is 7.54. The number of sulfonamides is 1. The monoisotopic (exact) mass is 335 g/mol. The van der Waals surface area contributed by atoms with E-state index in [0.717, 1.165) is 16.8 Å². The van der Waals surface area contributed by atoms with Gasteiger partial charge in [0.25, 0.3) is 0 Å². The van der Waals surface area contributed by atoms with Gasteiger partial charge in [-0.05, 0) is 30.5 Å². The van der Waals surface area contributed by atoms with Crippen molar-refractivity contribution >= 4 is 10.0 Å². The lowest BCUT2D eigenvalue weighted by Crippen LogP contribution is -2.42. The molecule has 0 aliphatic carbocycles. The number of methoxy groups -OCH3 is 1. The average Bonchev–Trinajstić information content (AvgIpc) is 2.90. The maximum Gasteiger partial charge on any atom is 0.244 e. The molecule has 0 bridgehead atoms. The summed E-state index contributed by atoms with van der Waals surface area (Å²) < 4.78 is 35.0. The fourth-order valence-electron chi connectivity index (χ4n) is 3.22. The Morgan fingerprint density at radius 2 is 2.09 bits per heavy atom. The first kappa shape index (κ1) is 16.2. The van der Waals surface area contributed by atoms with Crippen LogP contribution in [0.2, 0.25) is 0 Å². The van der Waals surface area contributed by atoms with Gasteiger partial charge in [-0.2, -0.15) is 9.40 Å². The normalized spacial score (nSPS) is 18.8. The second-order valence-electron chi connectivity index (χ2n) is 5.78. The Morgan fingerprint density at radius 1 is 1.35 bits per heavy atom. The van der Waals surface area contributed by atoms with E-state index in [1.807, 2.05) is 32.3 Å². The number of aryl methyl sites for hydroxylation is 2. The van der Waals surface area contributed by atoms with Crippen molar-refractivity contribution < 1.29 is 13.2 Å². The Morgan fingerprint density at radius 3 is 2.78 bits per heavy atom. The summed E-state index contributed by atoms with van der Waals surface area (Å²) in [7, 11) is -0.164. The van der Waals surface area contributed by atoms with Crippen molar-refractivity contribution in [3.05, 3.63) is 47.3 Å². The molecule has 0 saturated heterocycles. The lowest BCUT2D eigenvalue weighted by Gasteiger charge is -2.35. The van der Waals surface area contributed by atoms with Gasteiger partial charge in [0, 0.05) is 20.7 Å². The van der Waals surface area contributed by atoms with Gasteiger partial charge < -0.3 is 4.74 Å². The SMILES string of the molecule is COC[C@H]1c2c(cnn2C)CCN1S(=O)(=O)c1ccccc1C. The van der Waals surface area contributed by atoms with Crippen molar-refractivity contribution in [2.45, 2.75) is 24.3 Å². The van der Waals surface area contributed by atoms with E-state index in [2.05, 4.69) is 5.10 Å². The molecule has 23 heavy (non-hydrogen) atoms. The number of ether oxygens (including phenoxy) is 1. The minimum absolute atomic E-state index is 0.303. The van der Waals surface area contributed by atoms with Crippen LogP contribution in [0.5, 0.6) is 0 Å². The zero-order valence-electron chi connectivity index (χ0n) is 13.6. The van der Waals surface area contributed by atoms with Gasteiger partial charge >= 0.3 is 0 Å².